The van der Waals surface area contributed by atoms with Gasteiger partial charge in [0.05, 0.1) is 8.07 Å². The second-order valence-corrected chi connectivity index (χ2v) is 11.7. The monoisotopic (exact) mass is 311 g/mol. The summed E-state index contributed by atoms with van der Waals surface area (Å²) in [4.78, 5) is 10.6. The van der Waals surface area contributed by atoms with Crippen LogP contribution in [0.4, 0.5) is 0 Å². The van der Waals surface area contributed by atoms with Gasteiger partial charge in [0.2, 0.25) is 0 Å². The van der Waals surface area contributed by atoms with E-state index >= 15 is 0 Å². The molecule has 1 rings (SSSR count). The molecule has 0 radical (unpaired) electrons. The van der Waals surface area contributed by atoms with Crippen molar-refractivity contribution in [1.29, 1.82) is 0 Å². The molecule has 112 valence electrons. The molecule has 1 aromatic carbocycles. The van der Waals surface area contributed by atoms with Gasteiger partial charge in [0, 0.05) is 5.75 Å². The first-order chi connectivity index (χ1) is 9.43. The third-order valence-corrected chi connectivity index (χ3v) is 8.18. The Bertz CT molecular complexity index is 412. The summed E-state index contributed by atoms with van der Waals surface area (Å²) in [5.41, 5.74) is 5.46. The standard InChI is InChI=1S/C15H25NO2SSi/c1-20(2,13-8-4-3-5-9-13)11-7-6-10-19-12-14(16)15(17)18/h3-5,8-9,14H,6-7,10-12,16H2,1-2H3,(H,17,18)/t14-/m0/s1. The molecule has 0 heterocycles. The number of nitrogens with two attached hydrogens (primary N) is 1. The van der Waals surface area contributed by atoms with Crippen LogP contribution in [0.15, 0.2) is 30.3 Å². The van der Waals surface area contributed by atoms with Crippen molar-refractivity contribution in [3.05, 3.63) is 30.3 Å². The molecule has 0 aromatic heterocycles. The number of carboxylic acid groups (broad SMARTS) is 1. The molecule has 3 N–H and O–H groups in total. The van der Waals surface area contributed by atoms with Crippen LogP contribution >= 0.6 is 11.8 Å². The minimum Gasteiger partial charge on any atom is -0.480 e. The topological polar surface area (TPSA) is 63.3 Å². The number of carbonyl (C=O) groups is 1. The van der Waals surface area contributed by atoms with E-state index in [1.165, 1.54) is 17.7 Å². The van der Waals surface area contributed by atoms with Crippen molar-refractivity contribution < 1.29 is 9.90 Å². The lowest BCUT2D eigenvalue weighted by Gasteiger charge is -2.22. The van der Waals surface area contributed by atoms with E-state index < -0.39 is 20.1 Å². The fourth-order valence-electron chi connectivity index (χ4n) is 2.09. The third kappa shape index (κ3) is 6.11. The number of hydrogen-bond donors (Lipinski definition) is 2. The smallest absolute Gasteiger partial charge is 0.321 e. The van der Waals surface area contributed by atoms with E-state index in [9.17, 15) is 4.79 Å². The van der Waals surface area contributed by atoms with Crippen LogP contribution in [-0.2, 0) is 4.79 Å². The lowest BCUT2D eigenvalue weighted by atomic mass is 10.4. The van der Waals surface area contributed by atoms with Gasteiger partial charge in [0.15, 0.2) is 0 Å². The molecule has 0 spiro atoms. The average molecular weight is 312 g/mol. The van der Waals surface area contributed by atoms with Crippen molar-refractivity contribution >= 4 is 31.0 Å². The van der Waals surface area contributed by atoms with Crippen molar-refractivity contribution in [1.82, 2.24) is 0 Å². The van der Waals surface area contributed by atoms with Crippen LogP contribution in [0.2, 0.25) is 19.1 Å². The van der Waals surface area contributed by atoms with Gasteiger partial charge in [-0.05, 0) is 12.2 Å². The fourth-order valence-corrected chi connectivity index (χ4v) is 5.58. The SMILES string of the molecule is C[Si](C)(CCCCSC[C@H](N)C(=O)O)c1ccccc1. The van der Waals surface area contributed by atoms with Crippen LogP contribution in [0, 0.1) is 0 Å². The Hall–Kier alpha value is -0.783. The lowest BCUT2D eigenvalue weighted by Crippen LogP contribution is -2.40. The molecule has 0 aliphatic carbocycles. The molecule has 1 atom stereocenters. The zero-order valence-corrected chi connectivity index (χ0v) is 14.2. The molecular weight excluding hydrogens is 286 g/mol. The van der Waals surface area contributed by atoms with E-state index in [1.54, 1.807) is 11.8 Å². The van der Waals surface area contributed by atoms with E-state index in [4.69, 9.17) is 10.8 Å². The maximum atomic E-state index is 10.6. The van der Waals surface area contributed by atoms with Crippen LogP contribution in [0.25, 0.3) is 0 Å². The van der Waals surface area contributed by atoms with Gasteiger partial charge in [0.1, 0.15) is 6.04 Å². The Morgan fingerprint density at radius 1 is 1.30 bits per heavy atom. The number of thioether (sulfide) groups is 1. The molecular formula is C15H25NO2SSi. The summed E-state index contributed by atoms with van der Waals surface area (Å²) in [6.07, 6.45) is 2.35. The summed E-state index contributed by atoms with van der Waals surface area (Å²) in [5.74, 6) is 0.602. The molecule has 20 heavy (non-hydrogen) atoms. The minimum atomic E-state index is -1.31. The van der Waals surface area contributed by atoms with Crippen molar-refractivity contribution in [2.75, 3.05) is 11.5 Å². The van der Waals surface area contributed by atoms with Gasteiger partial charge in [-0.25, -0.2) is 0 Å². The molecule has 0 aliphatic heterocycles. The molecule has 0 amide bonds. The lowest BCUT2D eigenvalue weighted by molar-refractivity contribution is -0.137. The van der Waals surface area contributed by atoms with Gasteiger partial charge in [-0.15, -0.1) is 0 Å². The van der Waals surface area contributed by atoms with Gasteiger partial charge in [0.25, 0.3) is 0 Å². The van der Waals surface area contributed by atoms with Gasteiger partial charge in [-0.1, -0.05) is 61.1 Å². The Morgan fingerprint density at radius 3 is 2.55 bits per heavy atom. The summed E-state index contributed by atoms with van der Waals surface area (Å²) < 4.78 is 0. The molecule has 5 heteroatoms. The van der Waals surface area contributed by atoms with Crippen LogP contribution in [-0.4, -0.2) is 36.7 Å². The molecule has 0 saturated heterocycles. The molecule has 0 saturated carbocycles. The van der Waals surface area contributed by atoms with Gasteiger partial charge in [-0.2, -0.15) is 11.8 Å². The molecule has 0 unspecified atom stereocenters. The first-order valence-corrected chi connectivity index (χ1v) is 11.4. The summed E-state index contributed by atoms with van der Waals surface area (Å²) in [7, 11) is -1.31. The van der Waals surface area contributed by atoms with Crippen LogP contribution < -0.4 is 10.9 Å². The number of carboxylic acids is 1. The predicted molar refractivity (Wildman–Crippen MR) is 90.5 cm³/mol. The second-order valence-electron chi connectivity index (χ2n) is 5.73. The van der Waals surface area contributed by atoms with Crippen molar-refractivity contribution in [2.45, 2.75) is 38.0 Å². The van der Waals surface area contributed by atoms with E-state index in [0.29, 0.717) is 5.75 Å². The predicted octanol–water partition coefficient (Wildman–Crippen LogP) is 2.53. The van der Waals surface area contributed by atoms with Gasteiger partial charge >= 0.3 is 5.97 Å². The van der Waals surface area contributed by atoms with Crippen molar-refractivity contribution in [2.24, 2.45) is 5.73 Å². The maximum Gasteiger partial charge on any atom is 0.321 e. The summed E-state index contributed by atoms with van der Waals surface area (Å²) >= 11 is 1.65. The molecule has 0 aliphatic rings. The number of hydrogen-bond acceptors (Lipinski definition) is 3. The Morgan fingerprint density at radius 2 is 1.95 bits per heavy atom. The Kier molecular flexibility index (Phi) is 7.33. The van der Waals surface area contributed by atoms with E-state index in [1.807, 2.05) is 0 Å². The molecule has 0 bridgehead atoms. The quantitative estimate of drug-likeness (QED) is 0.543. The molecule has 1 aromatic rings. The van der Waals surface area contributed by atoms with Crippen LogP contribution in [0.3, 0.4) is 0 Å². The highest BCUT2D eigenvalue weighted by molar-refractivity contribution is 7.99. The van der Waals surface area contributed by atoms with Crippen LogP contribution in [0.5, 0.6) is 0 Å². The van der Waals surface area contributed by atoms with E-state index in [0.717, 1.165) is 12.2 Å². The second kappa shape index (κ2) is 8.49. The first-order valence-electron chi connectivity index (χ1n) is 7.05. The van der Waals surface area contributed by atoms with Gasteiger partial charge in [-0.3, -0.25) is 4.79 Å². The summed E-state index contributed by atoms with van der Waals surface area (Å²) in [5, 5.41) is 10.2. The summed E-state index contributed by atoms with van der Waals surface area (Å²) in [6.45, 7) is 4.83. The Labute approximate surface area is 127 Å². The molecule has 0 fully saturated rings. The van der Waals surface area contributed by atoms with Crippen molar-refractivity contribution in [3.8, 4) is 0 Å². The number of unbranched alkanes of at least 4 members (excludes halogenated alkanes) is 1. The Balaban J connectivity index is 2.19. The normalized spacial score (nSPS) is 13.2. The van der Waals surface area contributed by atoms with E-state index in [2.05, 4.69) is 43.4 Å². The largest absolute Gasteiger partial charge is 0.480 e. The number of rotatable bonds is 9. The average Bonchev–Trinajstić information content (AvgIpc) is 2.43. The minimum absolute atomic E-state index is 0.509. The van der Waals surface area contributed by atoms with Gasteiger partial charge < -0.3 is 10.8 Å². The highest BCUT2D eigenvalue weighted by Gasteiger charge is 2.22. The third-order valence-electron chi connectivity index (χ3n) is 3.51. The van der Waals surface area contributed by atoms with Crippen LogP contribution in [0.1, 0.15) is 12.8 Å². The van der Waals surface area contributed by atoms with E-state index in [-0.39, 0.29) is 0 Å². The first kappa shape index (κ1) is 17.3. The molecule has 3 nitrogen and oxygen atoms in total. The highest BCUT2D eigenvalue weighted by atomic mass is 32.2. The number of benzene rings is 1. The fraction of sp³-hybridized carbons (Fsp3) is 0.533. The maximum absolute atomic E-state index is 10.6. The zero-order valence-electron chi connectivity index (χ0n) is 12.3. The zero-order chi connectivity index (χ0) is 15.0. The number of aliphatic carboxylic acids is 1. The highest BCUT2D eigenvalue weighted by Crippen LogP contribution is 2.16. The summed E-state index contributed by atoms with van der Waals surface area (Å²) in [6, 6.07) is 11.3. The van der Waals surface area contributed by atoms with Crippen molar-refractivity contribution in [3.63, 3.8) is 0 Å².